The maximum absolute atomic E-state index is 13.9. The first-order valence-electron chi connectivity index (χ1n) is 13.4. The molecule has 0 bridgehead atoms. The molecule has 0 aliphatic rings. The summed E-state index contributed by atoms with van der Waals surface area (Å²) in [4.78, 5) is 29.2. The summed E-state index contributed by atoms with van der Waals surface area (Å²) in [5.41, 5.74) is 3.05. The van der Waals surface area contributed by atoms with Crippen LogP contribution < -0.4 is 10.1 Å². The minimum Gasteiger partial charge on any atom is -0.483 e. The fourth-order valence-corrected chi connectivity index (χ4v) is 5.12. The number of nitrogens with zero attached hydrogens (tertiary/aromatic N) is 1. The second-order valence-electron chi connectivity index (χ2n) is 9.86. The van der Waals surface area contributed by atoms with Crippen molar-refractivity contribution in [1.82, 2.24) is 10.2 Å². The van der Waals surface area contributed by atoms with Crippen molar-refractivity contribution < 1.29 is 14.3 Å². The Morgan fingerprint density at radius 2 is 1.62 bits per heavy atom. The van der Waals surface area contributed by atoms with E-state index in [2.05, 4.69) is 21.2 Å². The van der Waals surface area contributed by atoms with E-state index in [1.807, 2.05) is 112 Å². The van der Waals surface area contributed by atoms with E-state index in [1.54, 1.807) is 4.90 Å². The lowest BCUT2D eigenvalue weighted by molar-refractivity contribution is -0.143. The van der Waals surface area contributed by atoms with Gasteiger partial charge in [-0.2, -0.15) is 0 Å². The summed E-state index contributed by atoms with van der Waals surface area (Å²) in [6, 6.07) is 28.9. The van der Waals surface area contributed by atoms with Crippen molar-refractivity contribution in [3.8, 4) is 5.75 Å². The van der Waals surface area contributed by atoms with E-state index in [9.17, 15) is 9.59 Å². The smallest absolute Gasteiger partial charge is 0.261 e. The van der Waals surface area contributed by atoms with Gasteiger partial charge in [0.05, 0.1) is 4.47 Å². The number of rotatable bonds is 11. The highest BCUT2D eigenvalue weighted by atomic mass is 79.9. The van der Waals surface area contributed by atoms with Gasteiger partial charge in [0, 0.05) is 19.0 Å². The summed E-state index contributed by atoms with van der Waals surface area (Å²) in [6.07, 6.45) is 1.20. The van der Waals surface area contributed by atoms with E-state index < -0.39 is 6.04 Å². The van der Waals surface area contributed by atoms with E-state index in [0.29, 0.717) is 18.7 Å². The molecule has 1 N–H and O–H groups in total. The molecule has 2 atom stereocenters. The van der Waals surface area contributed by atoms with Crippen LogP contribution in [0.2, 0.25) is 0 Å². The van der Waals surface area contributed by atoms with Gasteiger partial charge in [-0.05, 0) is 69.7 Å². The number of hydrogen-bond donors (Lipinski definition) is 1. The minimum atomic E-state index is -0.697. The largest absolute Gasteiger partial charge is 0.483 e. The number of nitrogens with one attached hydrogen (secondary N) is 1. The molecule has 6 heteroatoms. The molecule has 0 fully saturated rings. The summed E-state index contributed by atoms with van der Waals surface area (Å²) in [5, 5.41) is 5.19. The molecular formula is C33H35BrN2O3. The predicted octanol–water partition coefficient (Wildman–Crippen LogP) is 6.84. The lowest BCUT2D eigenvalue weighted by atomic mass is 10.0. The molecule has 0 aliphatic heterocycles. The zero-order chi connectivity index (χ0) is 27.8. The van der Waals surface area contributed by atoms with Crippen LogP contribution in [-0.2, 0) is 22.6 Å². The first kappa shape index (κ1) is 28.4. The number of aryl methyl sites for hydroxylation is 1. The SMILES string of the molecule is CCC(C)NC(=O)C(Cc1ccccc1)N(Cc1ccccc1C)C(=O)COc1ccc2ccccc2c1Br. The minimum absolute atomic E-state index is 0.00371. The second-order valence-corrected chi connectivity index (χ2v) is 10.7. The number of hydrogen-bond acceptors (Lipinski definition) is 3. The molecule has 4 rings (SSSR count). The third-order valence-corrected chi connectivity index (χ3v) is 7.87. The van der Waals surface area contributed by atoms with Crippen LogP contribution in [-0.4, -0.2) is 35.4 Å². The van der Waals surface area contributed by atoms with Gasteiger partial charge in [-0.15, -0.1) is 0 Å². The molecule has 202 valence electrons. The third-order valence-electron chi connectivity index (χ3n) is 7.05. The first-order chi connectivity index (χ1) is 18.9. The van der Waals surface area contributed by atoms with Gasteiger partial charge < -0.3 is 15.0 Å². The van der Waals surface area contributed by atoms with Crippen LogP contribution in [0.3, 0.4) is 0 Å². The van der Waals surface area contributed by atoms with Crippen molar-refractivity contribution in [2.75, 3.05) is 6.61 Å². The average molecular weight is 588 g/mol. The summed E-state index contributed by atoms with van der Waals surface area (Å²) in [7, 11) is 0. The Labute approximate surface area is 239 Å². The van der Waals surface area contributed by atoms with Gasteiger partial charge in [-0.3, -0.25) is 9.59 Å². The lowest BCUT2D eigenvalue weighted by Gasteiger charge is -2.32. The molecule has 39 heavy (non-hydrogen) atoms. The van der Waals surface area contributed by atoms with Crippen molar-refractivity contribution in [1.29, 1.82) is 0 Å². The molecule has 0 spiro atoms. The fraction of sp³-hybridized carbons (Fsp3) is 0.273. The Hall–Kier alpha value is -3.64. The number of benzene rings is 4. The van der Waals surface area contributed by atoms with Gasteiger partial charge in [0.1, 0.15) is 11.8 Å². The number of carbonyl (C=O) groups is 2. The molecule has 0 saturated carbocycles. The monoisotopic (exact) mass is 586 g/mol. The molecule has 4 aromatic rings. The third kappa shape index (κ3) is 7.27. The van der Waals surface area contributed by atoms with Crippen molar-refractivity contribution in [2.24, 2.45) is 0 Å². The Morgan fingerprint density at radius 3 is 2.36 bits per heavy atom. The van der Waals surface area contributed by atoms with E-state index in [4.69, 9.17) is 4.74 Å². The highest BCUT2D eigenvalue weighted by Crippen LogP contribution is 2.33. The zero-order valence-corrected chi connectivity index (χ0v) is 24.3. The van der Waals surface area contributed by atoms with E-state index in [0.717, 1.165) is 38.4 Å². The normalized spacial score (nSPS) is 12.5. The van der Waals surface area contributed by atoms with Gasteiger partial charge in [-0.25, -0.2) is 0 Å². The summed E-state index contributed by atoms with van der Waals surface area (Å²) < 4.78 is 6.87. The van der Waals surface area contributed by atoms with E-state index in [-0.39, 0.29) is 24.5 Å². The highest BCUT2D eigenvalue weighted by molar-refractivity contribution is 9.10. The zero-order valence-electron chi connectivity index (χ0n) is 22.7. The topological polar surface area (TPSA) is 58.6 Å². The van der Waals surface area contributed by atoms with E-state index in [1.165, 1.54) is 0 Å². The number of ether oxygens (including phenoxy) is 1. The Morgan fingerprint density at radius 1 is 0.923 bits per heavy atom. The van der Waals surface area contributed by atoms with Crippen LogP contribution in [0.1, 0.15) is 37.0 Å². The van der Waals surface area contributed by atoms with Gasteiger partial charge in [-0.1, -0.05) is 91.9 Å². The maximum atomic E-state index is 13.9. The van der Waals surface area contributed by atoms with Crippen LogP contribution in [0.15, 0.2) is 95.5 Å². The standard InChI is InChI=1S/C33H35BrN2O3/c1-4-24(3)35-33(38)29(20-25-13-6-5-7-14-25)36(21-27-16-9-8-12-23(27)2)31(37)22-39-30-19-18-26-15-10-11-17-28(26)32(30)34/h5-19,24,29H,4,20-22H2,1-3H3,(H,35,38). The lowest BCUT2D eigenvalue weighted by Crippen LogP contribution is -2.53. The number of halogens is 1. The van der Waals surface area contributed by atoms with Gasteiger partial charge in [0.25, 0.3) is 5.91 Å². The van der Waals surface area contributed by atoms with Gasteiger partial charge >= 0.3 is 0 Å². The quantitative estimate of drug-likeness (QED) is 0.209. The molecular weight excluding hydrogens is 552 g/mol. The Balaban J connectivity index is 1.65. The molecule has 2 amide bonds. The summed E-state index contributed by atoms with van der Waals surface area (Å²) >= 11 is 3.65. The van der Waals surface area contributed by atoms with Crippen LogP contribution in [0.5, 0.6) is 5.75 Å². The molecule has 2 unspecified atom stereocenters. The molecule has 0 aromatic heterocycles. The van der Waals surface area contributed by atoms with Crippen molar-refractivity contribution >= 4 is 38.5 Å². The second kappa shape index (κ2) is 13.4. The molecule has 5 nitrogen and oxygen atoms in total. The van der Waals surface area contributed by atoms with Crippen LogP contribution in [0.25, 0.3) is 10.8 Å². The predicted molar refractivity (Wildman–Crippen MR) is 161 cm³/mol. The van der Waals surface area contributed by atoms with Crippen LogP contribution in [0, 0.1) is 6.92 Å². The first-order valence-corrected chi connectivity index (χ1v) is 14.1. The molecule has 4 aromatic carbocycles. The highest BCUT2D eigenvalue weighted by Gasteiger charge is 2.31. The summed E-state index contributed by atoms with van der Waals surface area (Å²) in [5.74, 6) is 0.169. The molecule has 0 heterocycles. The van der Waals surface area contributed by atoms with E-state index >= 15 is 0 Å². The van der Waals surface area contributed by atoms with Gasteiger partial charge in [0.2, 0.25) is 5.91 Å². The number of carbonyl (C=O) groups excluding carboxylic acids is 2. The van der Waals surface area contributed by atoms with Crippen LogP contribution >= 0.6 is 15.9 Å². The molecule has 0 aliphatic carbocycles. The maximum Gasteiger partial charge on any atom is 0.261 e. The number of fused-ring (bicyclic) bond motifs is 1. The van der Waals surface area contributed by atoms with Crippen molar-refractivity contribution in [2.45, 2.75) is 52.2 Å². The van der Waals surface area contributed by atoms with Crippen molar-refractivity contribution in [3.05, 3.63) is 112 Å². The molecule has 0 radical (unpaired) electrons. The fourth-order valence-electron chi connectivity index (χ4n) is 4.51. The Bertz CT molecular complexity index is 1420. The molecule has 0 saturated heterocycles. The average Bonchev–Trinajstić information content (AvgIpc) is 2.95. The van der Waals surface area contributed by atoms with Crippen molar-refractivity contribution in [3.63, 3.8) is 0 Å². The number of amides is 2. The summed E-state index contributed by atoms with van der Waals surface area (Å²) in [6.45, 7) is 6.14. The van der Waals surface area contributed by atoms with Crippen LogP contribution in [0.4, 0.5) is 0 Å². The van der Waals surface area contributed by atoms with Gasteiger partial charge in [0.15, 0.2) is 6.61 Å². The Kier molecular flexibility index (Phi) is 9.77.